The third-order valence-electron chi connectivity index (χ3n) is 4.15. The molecule has 1 aliphatic rings. The van der Waals surface area contributed by atoms with Gasteiger partial charge in [0.1, 0.15) is 0 Å². The van der Waals surface area contributed by atoms with E-state index in [1.165, 1.54) is 32.4 Å². The van der Waals surface area contributed by atoms with E-state index < -0.39 is 11.9 Å². The van der Waals surface area contributed by atoms with Crippen LogP contribution in [0.5, 0.6) is 0 Å². The third kappa shape index (κ3) is 4.67. The average Bonchev–Trinajstić information content (AvgIpc) is 2.66. The minimum atomic E-state index is -0.534. The van der Waals surface area contributed by atoms with Crippen LogP contribution in [0.2, 0.25) is 0 Å². The second-order valence-corrected chi connectivity index (χ2v) is 6.20. The van der Waals surface area contributed by atoms with Gasteiger partial charge < -0.3 is 24.8 Å². The largest absolute Gasteiger partial charge is 0.465 e. The predicted molar refractivity (Wildman–Crippen MR) is 96.7 cm³/mol. The van der Waals surface area contributed by atoms with Gasteiger partial charge in [0, 0.05) is 19.7 Å². The normalized spacial score (nSPS) is 16.9. The van der Waals surface area contributed by atoms with Gasteiger partial charge >= 0.3 is 11.9 Å². The molecule has 8 heteroatoms. The number of nitrogens with zero attached hydrogens (tertiary/aromatic N) is 1. The summed E-state index contributed by atoms with van der Waals surface area (Å²) in [6.45, 7) is 1.53. The van der Waals surface area contributed by atoms with E-state index in [0.29, 0.717) is 22.9 Å². The maximum Gasteiger partial charge on any atom is 0.339 e. The van der Waals surface area contributed by atoms with E-state index in [1.54, 1.807) is 0 Å². The van der Waals surface area contributed by atoms with Gasteiger partial charge in [0.25, 0.3) is 0 Å². The Morgan fingerprint density at radius 1 is 1.32 bits per heavy atom. The molecule has 7 nitrogen and oxygen atoms in total. The quantitative estimate of drug-likeness (QED) is 0.614. The van der Waals surface area contributed by atoms with Crippen LogP contribution in [0.25, 0.3) is 0 Å². The molecule has 0 unspecified atom stereocenters. The van der Waals surface area contributed by atoms with Crippen LogP contribution in [0.3, 0.4) is 0 Å². The lowest BCUT2D eigenvalue weighted by molar-refractivity contribution is 0.0587. The Hall–Kier alpha value is -2.19. The van der Waals surface area contributed by atoms with Crippen molar-refractivity contribution in [2.24, 2.45) is 5.92 Å². The summed E-state index contributed by atoms with van der Waals surface area (Å²) in [7, 11) is 2.58. The van der Waals surface area contributed by atoms with Gasteiger partial charge in [0.05, 0.1) is 31.0 Å². The zero-order valence-electron chi connectivity index (χ0n) is 14.3. The van der Waals surface area contributed by atoms with Crippen LogP contribution in [0.15, 0.2) is 18.2 Å². The number of nitrogens with one attached hydrogen (secondary N) is 1. The molecule has 136 valence electrons. The number of esters is 2. The van der Waals surface area contributed by atoms with E-state index >= 15 is 0 Å². The highest BCUT2D eigenvalue weighted by Gasteiger charge is 2.23. The Balaban J connectivity index is 2.24. The van der Waals surface area contributed by atoms with Crippen molar-refractivity contribution < 1.29 is 24.2 Å². The van der Waals surface area contributed by atoms with Crippen molar-refractivity contribution in [3.05, 3.63) is 29.3 Å². The molecule has 1 aliphatic heterocycles. The molecule has 2 rings (SSSR count). The van der Waals surface area contributed by atoms with Crippen molar-refractivity contribution in [2.45, 2.75) is 12.8 Å². The van der Waals surface area contributed by atoms with E-state index in [0.717, 1.165) is 19.4 Å². The lowest BCUT2D eigenvalue weighted by Crippen LogP contribution is -2.43. The molecule has 25 heavy (non-hydrogen) atoms. The lowest BCUT2D eigenvalue weighted by atomic mass is 9.99. The Kier molecular flexibility index (Phi) is 6.72. The summed E-state index contributed by atoms with van der Waals surface area (Å²) < 4.78 is 9.49. The maximum absolute atomic E-state index is 12.0. The smallest absolute Gasteiger partial charge is 0.339 e. The third-order valence-corrected chi connectivity index (χ3v) is 4.51. The van der Waals surface area contributed by atoms with Crippen molar-refractivity contribution >= 4 is 35.0 Å². The number of benzene rings is 1. The number of rotatable bonds is 4. The summed E-state index contributed by atoms with van der Waals surface area (Å²) in [5.74, 6) is -0.868. The first-order valence-electron chi connectivity index (χ1n) is 7.97. The number of ether oxygens (including phenoxy) is 2. The first kappa shape index (κ1) is 19.1. The molecule has 1 aromatic rings. The Bertz CT molecular complexity index is 664. The van der Waals surface area contributed by atoms with Crippen molar-refractivity contribution in [3.63, 3.8) is 0 Å². The van der Waals surface area contributed by atoms with Gasteiger partial charge in [-0.25, -0.2) is 9.59 Å². The lowest BCUT2D eigenvalue weighted by Gasteiger charge is -2.34. The second kappa shape index (κ2) is 8.77. The number of piperidine rings is 1. The van der Waals surface area contributed by atoms with Crippen LogP contribution >= 0.6 is 12.2 Å². The van der Waals surface area contributed by atoms with Crippen LogP contribution in [-0.4, -0.2) is 61.0 Å². The molecule has 0 radical (unpaired) electrons. The average molecular weight is 366 g/mol. The van der Waals surface area contributed by atoms with Gasteiger partial charge in [0.15, 0.2) is 5.11 Å². The summed E-state index contributed by atoms with van der Waals surface area (Å²) in [5, 5.41) is 12.8. The van der Waals surface area contributed by atoms with Crippen molar-refractivity contribution in [3.8, 4) is 0 Å². The first-order valence-corrected chi connectivity index (χ1v) is 8.38. The minimum absolute atomic E-state index is 0.115. The predicted octanol–water partition coefficient (Wildman–Crippen LogP) is 1.66. The number of thiocarbonyl (C=S) groups is 1. The number of likely N-dealkylation sites (tertiary alicyclic amines) is 1. The SMILES string of the molecule is COC(=O)c1ccc(C(=O)OC)c(NC(=S)N2CCC[C@H](CO)C2)c1. The van der Waals surface area contributed by atoms with E-state index in [1.807, 2.05) is 4.90 Å². The van der Waals surface area contributed by atoms with Crippen LogP contribution < -0.4 is 5.32 Å². The minimum Gasteiger partial charge on any atom is -0.465 e. The highest BCUT2D eigenvalue weighted by atomic mass is 32.1. The molecule has 0 aromatic heterocycles. The molecule has 0 saturated carbocycles. The number of aliphatic hydroxyl groups excluding tert-OH is 1. The first-order chi connectivity index (χ1) is 12.0. The van der Waals surface area contributed by atoms with Gasteiger partial charge in [-0.3, -0.25) is 0 Å². The highest BCUT2D eigenvalue weighted by molar-refractivity contribution is 7.80. The van der Waals surface area contributed by atoms with Crippen LogP contribution in [0.1, 0.15) is 33.6 Å². The number of carbonyl (C=O) groups is 2. The summed E-state index contributed by atoms with van der Waals surface area (Å²) in [5.41, 5.74) is 0.950. The van der Waals surface area contributed by atoms with Crippen LogP contribution in [0, 0.1) is 5.92 Å². The van der Waals surface area contributed by atoms with Crippen LogP contribution in [-0.2, 0) is 9.47 Å². The molecule has 0 aliphatic carbocycles. The van der Waals surface area contributed by atoms with Crippen LogP contribution in [0.4, 0.5) is 5.69 Å². The van der Waals surface area contributed by atoms with E-state index in [-0.39, 0.29) is 18.1 Å². The van der Waals surface area contributed by atoms with Gasteiger partial charge in [-0.15, -0.1) is 0 Å². The molecule has 0 bridgehead atoms. The number of aliphatic hydroxyl groups is 1. The summed E-state index contributed by atoms with van der Waals surface area (Å²) in [6, 6.07) is 4.50. The molecule has 1 saturated heterocycles. The van der Waals surface area contributed by atoms with Crippen molar-refractivity contribution in [1.29, 1.82) is 0 Å². The topological polar surface area (TPSA) is 88.1 Å². The van der Waals surface area contributed by atoms with Gasteiger partial charge in [-0.2, -0.15) is 0 Å². The van der Waals surface area contributed by atoms with Crippen molar-refractivity contribution in [2.75, 3.05) is 39.2 Å². The molecular formula is C17H22N2O5S. The summed E-state index contributed by atoms with van der Waals surface area (Å²) >= 11 is 5.44. The molecule has 1 aromatic carbocycles. The second-order valence-electron chi connectivity index (χ2n) is 5.81. The number of hydrogen-bond acceptors (Lipinski definition) is 6. The molecule has 2 N–H and O–H groups in total. The number of carbonyl (C=O) groups excluding carboxylic acids is 2. The Morgan fingerprint density at radius 2 is 2.04 bits per heavy atom. The van der Waals surface area contributed by atoms with Gasteiger partial charge in [0.2, 0.25) is 0 Å². The number of hydrogen-bond donors (Lipinski definition) is 2. The summed E-state index contributed by atoms with van der Waals surface area (Å²) in [6.07, 6.45) is 1.89. The van der Waals surface area contributed by atoms with Crippen molar-refractivity contribution in [1.82, 2.24) is 4.90 Å². The monoisotopic (exact) mass is 366 g/mol. The standard InChI is InChI=1S/C17H22N2O5S/c1-23-15(21)12-5-6-13(16(22)24-2)14(8-12)18-17(25)19-7-3-4-11(9-19)10-20/h5-6,8,11,20H,3-4,7,9-10H2,1-2H3,(H,18,25)/t11-/m0/s1. The zero-order chi connectivity index (χ0) is 18.4. The van der Waals surface area contributed by atoms with E-state index in [4.69, 9.17) is 21.7 Å². The highest BCUT2D eigenvalue weighted by Crippen LogP contribution is 2.22. The van der Waals surface area contributed by atoms with E-state index in [2.05, 4.69) is 5.32 Å². The number of methoxy groups -OCH3 is 2. The molecular weight excluding hydrogens is 344 g/mol. The summed E-state index contributed by atoms with van der Waals surface area (Å²) in [4.78, 5) is 25.7. The van der Waals surface area contributed by atoms with Gasteiger partial charge in [-0.05, 0) is 49.2 Å². The molecule has 0 amide bonds. The fourth-order valence-electron chi connectivity index (χ4n) is 2.77. The molecule has 1 heterocycles. The zero-order valence-corrected chi connectivity index (χ0v) is 15.1. The molecule has 0 spiro atoms. The Labute approximate surface area is 151 Å². The maximum atomic E-state index is 12.0. The number of anilines is 1. The fourth-order valence-corrected chi connectivity index (χ4v) is 3.05. The van der Waals surface area contributed by atoms with E-state index in [9.17, 15) is 14.7 Å². The molecule has 1 atom stereocenters. The Morgan fingerprint density at radius 3 is 2.68 bits per heavy atom. The van der Waals surface area contributed by atoms with Gasteiger partial charge in [-0.1, -0.05) is 0 Å². The molecule has 1 fully saturated rings. The fraction of sp³-hybridized carbons (Fsp3) is 0.471.